The van der Waals surface area contributed by atoms with Crippen LogP contribution >= 0.6 is 15.9 Å². The summed E-state index contributed by atoms with van der Waals surface area (Å²) < 4.78 is 4.88. The number of nitro groups is 1. The zero-order valence-corrected chi connectivity index (χ0v) is 18.9. The van der Waals surface area contributed by atoms with E-state index in [1.54, 1.807) is 19.3 Å². The van der Waals surface area contributed by atoms with Gasteiger partial charge in [0.1, 0.15) is 0 Å². The van der Waals surface area contributed by atoms with E-state index in [4.69, 9.17) is 0 Å². The number of non-ortho nitro benzene ring substituents is 1. The third kappa shape index (κ3) is 3.21. The molecule has 0 saturated heterocycles. The summed E-state index contributed by atoms with van der Waals surface area (Å²) >= 11 is 3.49. The Balaban J connectivity index is 2.27. The molecule has 8 nitrogen and oxygen atoms in total. The number of nitro benzene ring substituents is 1. The van der Waals surface area contributed by atoms with Gasteiger partial charge in [0.2, 0.25) is 0 Å². The lowest BCUT2D eigenvalue weighted by molar-refractivity contribution is -0.384. The van der Waals surface area contributed by atoms with Gasteiger partial charge in [-0.3, -0.25) is 24.0 Å². The van der Waals surface area contributed by atoms with Crippen LogP contribution in [-0.2, 0) is 14.1 Å². The molecule has 31 heavy (non-hydrogen) atoms. The first-order valence-electron chi connectivity index (χ1n) is 9.44. The molecule has 0 aliphatic carbocycles. The van der Waals surface area contributed by atoms with E-state index in [0.717, 1.165) is 21.4 Å². The Kier molecular flexibility index (Phi) is 4.93. The van der Waals surface area contributed by atoms with Crippen molar-refractivity contribution < 1.29 is 4.92 Å². The van der Waals surface area contributed by atoms with E-state index >= 15 is 0 Å². The maximum absolute atomic E-state index is 13.2. The highest BCUT2D eigenvalue weighted by atomic mass is 79.9. The predicted octanol–water partition coefficient (Wildman–Crippen LogP) is 3.98. The average Bonchev–Trinajstić information content (AvgIpc) is 3.13. The highest BCUT2D eigenvalue weighted by Crippen LogP contribution is 2.38. The molecule has 9 heteroatoms. The minimum atomic E-state index is -0.475. The van der Waals surface area contributed by atoms with Gasteiger partial charge in [0, 0.05) is 48.1 Å². The van der Waals surface area contributed by atoms with Crippen LogP contribution < -0.4 is 11.2 Å². The SMILES string of the molecule is Cc1ccc(C)c(-n2cc3c(c2-c2cc([N+](=O)[O-])ccc2Br)c(=O)n(C)c(=O)n3C)c1. The number of halogens is 1. The van der Waals surface area contributed by atoms with Gasteiger partial charge >= 0.3 is 5.69 Å². The summed E-state index contributed by atoms with van der Waals surface area (Å²) in [5.41, 5.74) is 3.20. The van der Waals surface area contributed by atoms with Gasteiger partial charge in [-0.1, -0.05) is 28.1 Å². The Labute approximate surface area is 185 Å². The van der Waals surface area contributed by atoms with Crippen molar-refractivity contribution in [2.45, 2.75) is 13.8 Å². The van der Waals surface area contributed by atoms with E-state index < -0.39 is 16.2 Å². The van der Waals surface area contributed by atoms with Crippen LogP contribution in [0.25, 0.3) is 27.8 Å². The Bertz CT molecular complexity index is 1510. The summed E-state index contributed by atoms with van der Waals surface area (Å²) in [5, 5.41) is 11.8. The summed E-state index contributed by atoms with van der Waals surface area (Å²) in [6, 6.07) is 10.4. The maximum atomic E-state index is 13.2. The monoisotopic (exact) mass is 482 g/mol. The summed E-state index contributed by atoms with van der Waals surface area (Å²) in [6.45, 7) is 3.91. The molecular formula is C22H19BrN4O4. The quantitative estimate of drug-likeness (QED) is 0.326. The molecule has 0 amide bonds. The van der Waals surface area contributed by atoms with Crippen molar-refractivity contribution in [3.63, 3.8) is 0 Å². The fourth-order valence-corrected chi connectivity index (χ4v) is 4.22. The number of rotatable bonds is 3. The maximum Gasteiger partial charge on any atom is 0.330 e. The molecule has 2 aromatic heterocycles. The molecule has 4 aromatic rings. The minimum absolute atomic E-state index is 0.0956. The van der Waals surface area contributed by atoms with Crippen LogP contribution in [-0.4, -0.2) is 18.6 Å². The average molecular weight is 483 g/mol. The van der Waals surface area contributed by atoms with Gasteiger partial charge in [-0.25, -0.2) is 4.79 Å². The minimum Gasteiger partial charge on any atom is -0.313 e. The zero-order valence-electron chi connectivity index (χ0n) is 17.3. The molecule has 0 unspecified atom stereocenters. The molecule has 0 N–H and O–H groups in total. The van der Waals surface area contributed by atoms with Gasteiger partial charge in [-0.05, 0) is 37.1 Å². The highest BCUT2D eigenvalue weighted by molar-refractivity contribution is 9.10. The number of hydrogen-bond acceptors (Lipinski definition) is 4. The molecule has 0 aliphatic rings. The fraction of sp³-hybridized carbons (Fsp3) is 0.182. The van der Waals surface area contributed by atoms with E-state index in [0.29, 0.717) is 26.6 Å². The summed E-state index contributed by atoms with van der Waals surface area (Å²) in [4.78, 5) is 36.7. The van der Waals surface area contributed by atoms with E-state index in [1.165, 1.54) is 23.7 Å². The van der Waals surface area contributed by atoms with Crippen molar-refractivity contribution in [2.75, 3.05) is 0 Å². The van der Waals surface area contributed by atoms with Crippen LogP contribution in [0.15, 0.2) is 56.7 Å². The van der Waals surface area contributed by atoms with Gasteiger partial charge in [0.15, 0.2) is 0 Å². The normalized spacial score (nSPS) is 11.3. The zero-order chi connectivity index (χ0) is 22.6. The molecular weight excluding hydrogens is 464 g/mol. The number of hydrogen-bond donors (Lipinski definition) is 0. The van der Waals surface area contributed by atoms with Crippen molar-refractivity contribution >= 4 is 32.5 Å². The third-order valence-electron chi connectivity index (χ3n) is 5.48. The lowest BCUT2D eigenvalue weighted by Gasteiger charge is -2.14. The van der Waals surface area contributed by atoms with E-state index in [1.807, 2.05) is 36.6 Å². The topological polar surface area (TPSA) is 92.1 Å². The van der Waals surface area contributed by atoms with E-state index in [9.17, 15) is 19.7 Å². The van der Waals surface area contributed by atoms with E-state index in [2.05, 4.69) is 15.9 Å². The molecule has 2 aromatic carbocycles. The van der Waals surface area contributed by atoms with Crippen LogP contribution in [0.2, 0.25) is 0 Å². The number of nitrogens with zero attached hydrogens (tertiary/aromatic N) is 4. The highest BCUT2D eigenvalue weighted by Gasteiger charge is 2.24. The first-order valence-corrected chi connectivity index (χ1v) is 10.2. The second-order valence-electron chi connectivity index (χ2n) is 7.52. The van der Waals surface area contributed by atoms with Crippen LogP contribution in [0.3, 0.4) is 0 Å². The van der Waals surface area contributed by atoms with Crippen LogP contribution in [0.4, 0.5) is 5.69 Å². The number of benzene rings is 2. The van der Waals surface area contributed by atoms with Gasteiger partial charge in [-0.15, -0.1) is 0 Å². The predicted molar refractivity (Wildman–Crippen MR) is 123 cm³/mol. The van der Waals surface area contributed by atoms with Crippen molar-refractivity contribution in [1.29, 1.82) is 0 Å². The van der Waals surface area contributed by atoms with Crippen molar-refractivity contribution in [3.8, 4) is 16.9 Å². The summed E-state index contributed by atoms with van der Waals surface area (Å²) in [7, 11) is 3.02. The third-order valence-corrected chi connectivity index (χ3v) is 6.17. The van der Waals surface area contributed by atoms with Gasteiger partial charge in [0.05, 0.1) is 21.5 Å². The van der Waals surface area contributed by atoms with Gasteiger partial charge in [0.25, 0.3) is 11.2 Å². The molecule has 0 radical (unpaired) electrons. The van der Waals surface area contributed by atoms with Gasteiger partial charge in [-0.2, -0.15) is 0 Å². The van der Waals surface area contributed by atoms with E-state index in [-0.39, 0.29) is 5.69 Å². The van der Waals surface area contributed by atoms with Crippen molar-refractivity contribution in [3.05, 3.63) is 89.1 Å². The lowest BCUT2D eigenvalue weighted by atomic mass is 10.1. The number of aromatic nitrogens is 3. The second-order valence-corrected chi connectivity index (χ2v) is 8.38. The standard InChI is InChI=1S/C22H19BrN4O4/c1-12-5-6-13(2)17(9-12)26-11-18-19(21(28)25(4)22(29)24(18)3)20(26)15-10-14(27(30)31)7-8-16(15)23/h5-11H,1-4H3. The van der Waals surface area contributed by atoms with Crippen LogP contribution in [0.5, 0.6) is 0 Å². The Morgan fingerprint density at radius 3 is 2.39 bits per heavy atom. The summed E-state index contributed by atoms with van der Waals surface area (Å²) in [6.07, 6.45) is 1.74. The molecule has 158 valence electrons. The Morgan fingerprint density at radius 2 is 1.71 bits per heavy atom. The molecule has 0 aliphatic heterocycles. The van der Waals surface area contributed by atoms with Gasteiger partial charge < -0.3 is 4.57 Å². The Morgan fingerprint density at radius 1 is 1.00 bits per heavy atom. The molecule has 0 atom stereocenters. The largest absolute Gasteiger partial charge is 0.330 e. The number of fused-ring (bicyclic) bond motifs is 1. The smallest absolute Gasteiger partial charge is 0.313 e. The Hall–Kier alpha value is -3.46. The molecule has 0 spiro atoms. The molecule has 0 fully saturated rings. The van der Waals surface area contributed by atoms with Crippen LogP contribution in [0.1, 0.15) is 11.1 Å². The molecule has 0 saturated carbocycles. The summed E-state index contributed by atoms with van der Waals surface area (Å²) in [5.74, 6) is 0. The molecule has 2 heterocycles. The number of aryl methyl sites for hydroxylation is 3. The van der Waals surface area contributed by atoms with Crippen LogP contribution in [0, 0.1) is 24.0 Å². The first-order chi connectivity index (χ1) is 14.6. The first kappa shape index (κ1) is 20.8. The molecule has 0 bridgehead atoms. The molecule has 4 rings (SSSR count). The lowest BCUT2D eigenvalue weighted by Crippen LogP contribution is -2.36. The second kappa shape index (κ2) is 7.35. The van der Waals surface area contributed by atoms with Crippen molar-refractivity contribution in [1.82, 2.24) is 13.7 Å². The fourth-order valence-electron chi connectivity index (χ4n) is 3.78. The van der Waals surface area contributed by atoms with Crippen molar-refractivity contribution in [2.24, 2.45) is 14.1 Å².